The van der Waals surface area contributed by atoms with Crippen LogP contribution in [0.5, 0.6) is 0 Å². The van der Waals surface area contributed by atoms with Crippen LogP contribution in [-0.4, -0.2) is 22.7 Å². The van der Waals surface area contributed by atoms with Gasteiger partial charge in [0.25, 0.3) is 0 Å². The van der Waals surface area contributed by atoms with Gasteiger partial charge in [-0.3, -0.25) is 0 Å². The highest BCUT2D eigenvalue weighted by Crippen LogP contribution is 2.04. The monoisotopic (exact) mass is 166 g/mol. The molecule has 0 spiro atoms. The van der Waals surface area contributed by atoms with E-state index in [1.807, 2.05) is 26.0 Å². The van der Waals surface area contributed by atoms with Gasteiger partial charge in [0.1, 0.15) is 5.82 Å². The number of nitrogens with zero attached hydrogens (tertiary/aromatic N) is 1. The first-order valence-electron chi connectivity index (χ1n) is 4.02. The standard InChI is InChI=1S/C9H14N2O/c1-7-3-4-9(10-5-7)11-8(2)6-12/h3-5,8,12H,6H2,1-2H3,(H,10,11)/t8-/m0/s1. The Hall–Kier alpha value is -1.09. The minimum atomic E-state index is 0.0557. The lowest BCUT2D eigenvalue weighted by molar-refractivity contribution is 0.281. The quantitative estimate of drug-likeness (QED) is 0.708. The summed E-state index contributed by atoms with van der Waals surface area (Å²) < 4.78 is 0. The summed E-state index contributed by atoms with van der Waals surface area (Å²) in [6, 6.07) is 3.95. The van der Waals surface area contributed by atoms with Crippen molar-refractivity contribution in [2.75, 3.05) is 11.9 Å². The first-order valence-corrected chi connectivity index (χ1v) is 4.02. The summed E-state index contributed by atoms with van der Waals surface area (Å²) >= 11 is 0. The van der Waals surface area contributed by atoms with Crippen molar-refractivity contribution in [1.29, 1.82) is 0 Å². The van der Waals surface area contributed by atoms with Crippen molar-refractivity contribution < 1.29 is 5.11 Å². The van der Waals surface area contributed by atoms with Gasteiger partial charge in [-0.2, -0.15) is 0 Å². The third kappa shape index (κ3) is 2.51. The number of anilines is 1. The molecule has 1 atom stereocenters. The third-order valence-electron chi connectivity index (χ3n) is 1.58. The highest BCUT2D eigenvalue weighted by Gasteiger charge is 1.98. The first-order chi connectivity index (χ1) is 5.72. The molecule has 0 amide bonds. The Bertz CT molecular complexity index is 233. The van der Waals surface area contributed by atoms with E-state index in [9.17, 15) is 0 Å². The lowest BCUT2D eigenvalue weighted by Gasteiger charge is -2.10. The Kier molecular flexibility index (Phi) is 3.05. The van der Waals surface area contributed by atoms with E-state index in [2.05, 4.69) is 10.3 Å². The number of aryl methyl sites for hydroxylation is 1. The van der Waals surface area contributed by atoms with Crippen LogP contribution in [0.25, 0.3) is 0 Å². The van der Waals surface area contributed by atoms with Crippen molar-refractivity contribution in [2.24, 2.45) is 0 Å². The van der Waals surface area contributed by atoms with Crippen LogP contribution in [0.1, 0.15) is 12.5 Å². The summed E-state index contributed by atoms with van der Waals surface area (Å²) in [7, 11) is 0. The zero-order chi connectivity index (χ0) is 8.97. The number of hydrogen-bond donors (Lipinski definition) is 2. The molecule has 1 heterocycles. The molecule has 1 rings (SSSR count). The van der Waals surface area contributed by atoms with Gasteiger partial charge < -0.3 is 10.4 Å². The number of aromatic nitrogens is 1. The van der Waals surface area contributed by atoms with E-state index in [4.69, 9.17) is 5.11 Å². The molecule has 2 N–H and O–H groups in total. The molecule has 0 aliphatic carbocycles. The van der Waals surface area contributed by atoms with Crippen LogP contribution in [0.15, 0.2) is 18.3 Å². The normalized spacial score (nSPS) is 12.6. The second-order valence-electron chi connectivity index (χ2n) is 2.95. The van der Waals surface area contributed by atoms with Gasteiger partial charge in [-0.25, -0.2) is 4.98 Å². The molecule has 0 aliphatic heterocycles. The minimum Gasteiger partial charge on any atom is -0.394 e. The lowest BCUT2D eigenvalue weighted by Crippen LogP contribution is -2.19. The van der Waals surface area contributed by atoms with Crippen LogP contribution in [0, 0.1) is 6.92 Å². The largest absolute Gasteiger partial charge is 0.394 e. The van der Waals surface area contributed by atoms with Crippen LogP contribution in [0.3, 0.4) is 0 Å². The minimum absolute atomic E-state index is 0.0557. The Morgan fingerprint density at radius 3 is 2.83 bits per heavy atom. The number of rotatable bonds is 3. The van der Waals surface area contributed by atoms with Crippen molar-refractivity contribution in [3.05, 3.63) is 23.9 Å². The molecule has 0 aliphatic rings. The summed E-state index contributed by atoms with van der Waals surface area (Å²) in [6.45, 7) is 4.02. The van der Waals surface area contributed by atoms with Gasteiger partial charge in [-0.05, 0) is 25.5 Å². The summed E-state index contributed by atoms with van der Waals surface area (Å²) in [5.74, 6) is 0.808. The predicted octanol–water partition coefficient (Wildman–Crippen LogP) is 1.18. The smallest absolute Gasteiger partial charge is 0.126 e. The number of nitrogens with one attached hydrogen (secondary N) is 1. The molecule has 12 heavy (non-hydrogen) atoms. The number of pyridine rings is 1. The summed E-state index contributed by atoms with van der Waals surface area (Å²) in [4.78, 5) is 4.14. The third-order valence-corrected chi connectivity index (χ3v) is 1.58. The molecule has 0 radical (unpaired) electrons. The second kappa shape index (κ2) is 4.07. The van der Waals surface area contributed by atoms with E-state index in [-0.39, 0.29) is 12.6 Å². The van der Waals surface area contributed by atoms with Crippen molar-refractivity contribution in [3.8, 4) is 0 Å². The van der Waals surface area contributed by atoms with Crippen LogP contribution in [0.4, 0.5) is 5.82 Å². The van der Waals surface area contributed by atoms with Crippen LogP contribution in [-0.2, 0) is 0 Å². The molecular weight excluding hydrogens is 152 g/mol. The second-order valence-corrected chi connectivity index (χ2v) is 2.95. The summed E-state index contributed by atoms with van der Waals surface area (Å²) in [6.07, 6.45) is 1.80. The molecule has 0 saturated heterocycles. The van der Waals surface area contributed by atoms with Gasteiger partial charge in [0.15, 0.2) is 0 Å². The Labute approximate surface area is 72.5 Å². The molecule has 3 nitrogen and oxygen atoms in total. The average molecular weight is 166 g/mol. The van der Waals surface area contributed by atoms with E-state index >= 15 is 0 Å². The average Bonchev–Trinajstić information content (AvgIpc) is 2.09. The van der Waals surface area contributed by atoms with Gasteiger partial charge in [0.05, 0.1) is 6.61 Å². The zero-order valence-electron chi connectivity index (χ0n) is 7.41. The SMILES string of the molecule is Cc1ccc(N[C@@H](C)CO)nc1. The zero-order valence-corrected chi connectivity index (χ0v) is 7.41. The molecule has 0 bridgehead atoms. The summed E-state index contributed by atoms with van der Waals surface area (Å²) in [5, 5.41) is 11.8. The van der Waals surface area contributed by atoms with Crippen LogP contribution in [0.2, 0.25) is 0 Å². The fourth-order valence-electron chi connectivity index (χ4n) is 0.851. The lowest BCUT2D eigenvalue weighted by atomic mass is 10.3. The molecule has 0 unspecified atom stereocenters. The van der Waals surface area contributed by atoms with Crippen molar-refractivity contribution in [1.82, 2.24) is 4.98 Å². The van der Waals surface area contributed by atoms with E-state index < -0.39 is 0 Å². The van der Waals surface area contributed by atoms with E-state index in [1.54, 1.807) is 6.20 Å². The molecule has 0 aromatic carbocycles. The highest BCUT2D eigenvalue weighted by atomic mass is 16.3. The van der Waals surface area contributed by atoms with Gasteiger partial charge in [0, 0.05) is 12.2 Å². The van der Waals surface area contributed by atoms with Gasteiger partial charge in [-0.1, -0.05) is 6.07 Å². The van der Waals surface area contributed by atoms with Gasteiger partial charge in [0.2, 0.25) is 0 Å². The predicted molar refractivity (Wildman–Crippen MR) is 49.1 cm³/mol. The fraction of sp³-hybridized carbons (Fsp3) is 0.444. The Balaban J connectivity index is 2.58. The fourth-order valence-corrected chi connectivity index (χ4v) is 0.851. The van der Waals surface area contributed by atoms with Gasteiger partial charge >= 0.3 is 0 Å². The molecule has 66 valence electrons. The van der Waals surface area contributed by atoms with Gasteiger partial charge in [-0.15, -0.1) is 0 Å². The van der Waals surface area contributed by atoms with Crippen molar-refractivity contribution >= 4 is 5.82 Å². The molecule has 1 aromatic rings. The molecule has 0 fully saturated rings. The highest BCUT2D eigenvalue weighted by molar-refractivity contribution is 5.35. The number of aliphatic hydroxyl groups excluding tert-OH is 1. The summed E-state index contributed by atoms with van der Waals surface area (Å²) in [5.41, 5.74) is 1.14. The molecule has 3 heteroatoms. The molecule has 1 aromatic heterocycles. The number of hydrogen-bond acceptors (Lipinski definition) is 3. The Morgan fingerprint density at radius 2 is 2.33 bits per heavy atom. The Morgan fingerprint density at radius 1 is 1.58 bits per heavy atom. The maximum absolute atomic E-state index is 8.76. The number of aliphatic hydroxyl groups is 1. The van der Waals surface area contributed by atoms with E-state index in [0.717, 1.165) is 11.4 Å². The van der Waals surface area contributed by atoms with Crippen LogP contribution >= 0.6 is 0 Å². The topological polar surface area (TPSA) is 45.1 Å². The van der Waals surface area contributed by atoms with Crippen LogP contribution < -0.4 is 5.32 Å². The van der Waals surface area contributed by atoms with E-state index in [0.29, 0.717) is 0 Å². The maximum Gasteiger partial charge on any atom is 0.126 e. The van der Waals surface area contributed by atoms with Crippen molar-refractivity contribution in [2.45, 2.75) is 19.9 Å². The van der Waals surface area contributed by atoms with E-state index in [1.165, 1.54) is 0 Å². The van der Waals surface area contributed by atoms with Crippen molar-refractivity contribution in [3.63, 3.8) is 0 Å². The maximum atomic E-state index is 8.76. The molecular formula is C9H14N2O. The first kappa shape index (κ1) is 9.00. The molecule has 0 saturated carbocycles.